The van der Waals surface area contributed by atoms with Gasteiger partial charge in [0.25, 0.3) is 0 Å². The monoisotopic (exact) mass is 252 g/mol. The Kier molecular flexibility index (Phi) is 2.03. The molecule has 4 fully saturated rings. The Balaban J connectivity index is 1.72. The zero-order chi connectivity index (χ0) is 12.8. The Hall–Kier alpha value is -0.120. The number of fused-ring (bicyclic) bond motifs is 2. The Morgan fingerprint density at radius 1 is 0.778 bits per heavy atom. The van der Waals surface area contributed by atoms with E-state index in [1.54, 1.807) is 0 Å². The van der Waals surface area contributed by atoms with Crippen LogP contribution in [0, 0.1) is 11.8 Å². The third-order valence-electron chi connectivity index (χ3n) is 5.98. The minimum Gasteiger partial charge on any atom is -0.369 e. The molecule has 2 saturated heterocycles. The molecule has 0 aromatic heterocycles. The molecule has 7 atom stereocenters. The first-order chi connectivity index (χ1) is 8.46. The fourth-order valence-electron chi connectivity index (χ4n) is 5.09. The molecule has 2 aliphatic carbocycles. The summed E-state index contributed by atoms with van der Waals surface area (Å²) >= 11 is 0. The number of hydrogen-bond acceptors (Lipinski definition) is 3. The van der Waals surface area contributed by atoms with E-state index in [9.17, 15) is 0 Å². The van der Waals surface area contributed by atoms with E-state index < -0.39 is 0 Å². The summed E-state index contributed by atoms with van der Waals surface area (Å²) in [6, 6.07) is 0. The van der Waals surface area contributed by atoms with Crippen LogP contribution in [0.4, 0.5) is 0 Å². The Labute approximate surface area is 109 Å². The molecular formula is C15H24O3. The molecule has 2 heterocycles. The van der Waals surface area contributed by atoms with Crippen LogP contribution in [-0.2, 0) is 14.2 Å². The molecule has 0 amide bonds. The molecule has 3 nitrogen and oxygen atoms in total. The third kappa shape index (κ3) is 1.01. The lowest BCUT2D eigenvalue weighted by Crippen LogP contribution is -2.83. The van der Waals surface area contributed by atoms with Gasteiger partial charge in [-0.2, -0.15) is 0 Å². The van der Waals surface area contributed by atoms with Crippen molar-refractivity contribution in [3.8, 4) is 0 Å². The molecule has 2 aliphatic heterocycles. The molecule has 102 valence electrons. The molecule has 18 heavy (non-hydrogen) atoms. The minimum absolute atomic E-state index is 0.0356. The van der Waals surface area contributed by atoms with E-state index in [-0.39, 0.29) is 22.9 Å². The van der Waals surface area contributed by atoms with Crippen LogP contribution in [-0.4, -0.2) is 35.6 Å². The highest BCUT2D eigenvalue weighted by Crippen LogP contribution is 2.73. The molecule has 2 saturated carbocycles. The summed E-state index contributed by atoms with van der Waals surface area (Å²) in [4.78, 5) is 0. The molecule has 0 bridgehead atoms. The molecule has 4 rings (SSSR count). The predicted octanol–water partition coefficient (Wildman–Crippen LogP) is 2.53. The van der Waals surface area contributed by atoms with Gasteiger partial charge in [0.05, 0.1) is 18.8 Å². The minimum atomic E-state index is -0.150. The topological polar surface area (TPSA) is 27.7 Å². The summed E-state index contributed by atoms with van der Waals surface area (Å²) in [5.41, 5.74) is -0.235. The van der Waals surface area contributed by atoms with Crippen LogP contribution in [0.3, 0.4) is 0 Å². The van der Waals surface area contributed by atoms with Crippen LogP contribution in [0.1, 0.15) is 47.0 Å². The highest BCUT2D eigenvalue weighted by Gasteiger charge is 2.84. The summed E-state index contributed by atoms with van der Waals surface area (Å²) in [6.07, 6.45) is 3.97. The molecule has 7 unspecified atom stereocenters. The van der Waals surface area contributed by atoms with Crippen LogP contribution >= 0.6 is 0 Å². The zero-order valence-corrected chi connectivity index (χ0v) is 11.9. The normalized spacial score (nSPS) is 66.0. The first-order valence-corrected chi connectivity index (χ1v) is 7.45. The molecule has 3 spiro atoms. The first-order valence-electron chi connectivity index (χ1n) is 7.45. The zero-order valence-electron chi connectivity index (χ0n) is 11.9. The predicted molar refractivity (Wildman–Crippen MR) is 67.4 cm³/mol. The van der Waals surface area contributed by atoms with E-state index in [4.69, 9.17) is 14.2 Å². The van der Waals surface area contributed by atoms with Gasteiger partial charge in [-0.25, -0.2) is 0 Å². The SMILES string of the molecule is CC1CC2(O1)C(C)CC21OC(C)COC12CC2C. The van der Waals surface area contributed by atoms with Crippen LogP contribution in [0.5, 0.6) is 0 Å². The van der Waals surface area contributed by atoms with Gasteiger partial charge in [-0.15, -0.1) is 0 Å². The Morgan fingerprint density at radius 2 is 1.44 bits per heavy atom. The third-order valence-corrected chi connectivity index (χ3v) is 5.98. The number of ether oxygens (including phenoxy) is 3. The Bertz CT molecular complexity index is 389. The molecular weight excluding hydrogens is 228 g/mol. The maximum atomic E-state index is 6.48. The van der Waals surface area contributed by atoms with E-state index >= 15 is 0 Å². The van der Waals surface area contributed by atoms with Gasteiger partial charge in [0.1, 0.15) is 16.8 Å². The molecule has 0 aromatic carbocycles. The standard InChI is InChI=1S/C15H24O3/c1-9-5-13(9)15(18-12(4)8-16-13)6-10(2)14(15)7-11(3)17-14/h9-12H,5-8H2,1-4H3. The maximum Gasteiger partial charge on any atom is 0.127 e. The van der Waals surface area contributed by atoms with Gasteiger partial charge in [0, 0.05) is 6.42 Å². The molecule has 3 heteroatoms. The molecule has 0 aromatic rings. The van der Waals surface area contributed by atoms with Crippen LogP contribution in [0.2, 0.25) is 0 Å². The smallest absolute Gasteiger partial charge is 0.127 e. The molecule has 4 aliphatic rings. The van der Waals surface area contributed by atoms with E-state index in [0.29, 0.717) is 17.9 Å². The van der Waals surface area contributed by atoms with E-state index in [0.717, 1.165) is 25.9 Å². The lowest BCUT2D eigenvalue weighted by molar-refractivity contribution is -0.427. The van der Waals surface area contributed by atoms with Crippen molar-refractivity contribution >= 4 is 0 Å². The maximum absolute atomic E-state index is 6.48. The van der Waals surface area contributed by atoms with E-state index in [2.05, 4.69) is 27.7 Å². The average Bonchev–Trinajstić information content (AvgIpc) is 2.91. The van der Waals surface area contributed by atoms with Crippen molar-refractivity contribution in [3.63, 3.8) is 0 Å². The lowest BCUT2D eigenvalue weighted by Gasteiger charge is -2.72. The fraction of sp³-hybridized carbons (Fsp3) is 1.00. The first kappa shape index (κ1) is 11.7. The molecule has 0 radical (unpaired) electrons. The summed E-state index contributed by atoms with van der Waals surface area (Å²) in [6.45, 7) is 9.63. The van der Waals surface area contributed by atoms with E-state index in [1.807, 2.05) is 0 Å². The van der Waals surface area contributed by atoms with Gasteiger partial charge in [-0.3, -0.25) is 0 Å². The highest BCUT2D eigenvalue weighted by atomic mass is 16.6. The van der Waals surface area contributed by atoms with Crippen molar-refractivity contribution in [2.45, 2.75) is 76.0 Å². The van der Waals surface area contributed by atoms with Crippen LogP contribution < -0.4 is 0 Å². The number of rotatable bonds is 0. The Morgan fingerprint density at radius 3 is 1.94 bits per heavy atom. The summed E-state index contributed by atoms with van der Waals surface area (Å²) < 4.78 is 19.0. The van der Waals surface area contributed by atoms with Gasteiger partial charge in [0.15, 0.2) is 0 Å². The second-order valence-electron chi connectivity index (χ2n) is 7.19. The van der Waals surface area contributed by atoms with Gasteiger partial charge in [-0.1, -0.05) is 13.8 Å². The van der Waals surface area contributed by atoms with Crippen molar-refractivity contribution < 1.29 is 14.2 Å². The second kappa shape index (κ2) is 3.13. The summed E-state index contributed by atoms with van der Waals surface area (Å²) in [5.74, 6) is 1.22. The number of hydrogen-bond donors (Lipinski definition) is 0. The van der Waals surface area contributed by atoms with Crippen LogP contribution in [0.15, 0.2) is 0 Å². The highest BCUT2D eigenvalue weighted by molar-refractivity contribution is 5.34. The lowest BCUT2D eigenvalue weighted by atomic mass is 9.50. The van der Waals surface area contributed by atoms with Crippen molar-refractivity contribution in [3.05, 3.63) is 0 Å². The van der Waals surface area contributed by atoms with Crippen molar-refractivity contribution in [2.24, 2.45) is 11.8 Å². The molecule has 0 N–H and O–H groups in total. The quantitative estimate of drug-likeness (QED) is 0.663. The fourth-order valence-corrected chi connectivity index (χ4v) is 5.09. The van der Waals surface area contributed by atoms with Crippen molar-refractivity contribution in [2.75, 3.05) is 6.61 Å². The van der Waals surface area contributed by atoms with Gasteiger partial charge < -0.3 is 14.2 Å². The van der Waals surface area contributed by atoms with Crippen LogP contribution in [0.25, 0.3) is 0 Å². The van der Waals surface area contributed by atoms with Gasteiger partial charge in [-0.05, 0) is 38.5 Å². The average molecular weight is 252 g/mol. The summed E-state index contributed by atoms with van der Waals surface area (Å²) in [5, 5.41) is 0. The summed E-state index contributed by atoms with van der Waals surface area (Å²) in [7, 11) is 0. The van der Waals surface area contributed by atoms with Crippen molar-refractivity contribution in [1.82, 2.24) is 0 Å². The van der Waals surface area contributed by atoms with E-state index in [1.165, 1.54) is 0 Å². The van der Waals surface area contributed by atoms with Crippen molar-refractivity contribution in [1.29, 1.82) is 0 Å². The second-order valence-corrected chi connectivity index (χ2v) is 7.19. The largest absolute Gasteiger partial charge is 0.369 e. The van der Waals surface area contributed by atoms with Gasteiger partial charge >= 0.3 is 0 Å². The van der Waals surface area contributed by atoms with Gasteiger partial charge in [0.2, 0.25) is 0 Å².